The summed E-state index contributed by atoms with van der Waals surface area (Å²) in [5.74, 6) is 0.275. The first kappa shape index (κ1) is 25.0. The van der Waals surface area contributed by atoms with Gasteiger partial charge in [-0.1, -0.05) is 45.7 Å². The Kier molecular flexibility index (Phi) is 8.99. The van der Waals surface area contributed by atoms with Crippen LogP contribution in [0, 0.1) is 25.4 Å². The molecule has 32 heavy (non-hydrogen) atoms. The molecule has 0 bridgehead atoms. The zero-order chi connectivity index (χ0) is 23.3. The third-order valence-corrected chi connectivity index (χ3v) is 6.96. The van der Waals surface area contributed by atoms with Gasteiger partial charge in [0.2, 0.25) is 0 Å². The lowest BCUT2D eigenvalue weighted by Gasteiger charge is -2.12. The summed E-state index contributed by atoms with van der Waals surface area (Å²) in [6, 6.07) is 18.9. The molecular formula is C24H16BrClI2N2O2. The molecule has 0 unspecified atom stereocenters. The van der Waals surface area contributed by atoms with Crippen molar-refractivity contribution in [3.8, 4) is 11.8 Å². The molecule has 0 aliphatic heterocycles. The van der Waals surface area contributed by atoms with Gasteiger partial charge in [-0.25, -0.2) is 0 Å². The van der Waals surface area contributed by atoms with Crippen molar-refractivity contribution >= 4 is 90.4 Å². The van der Waals surface area contributed by atoms with Crippen LogP contribution in [0.25, 0.3) is 6.08 Å². The smallest absolute Gasteiger partial charge is 0.266 e. The van der Waals surface area contributed by atoms with Crippen molar-refractivity contribution in [1.29, 1.82) is 5.26 Å². The highest BCUT2D eigenvalue weighted by Crippen LogP contribution is 2.31. The van der Waals surface area contributed by atoms with Crippen molar-refractivity contribution in [3.05, 3.63) is 93.5 Å². The van der Waals surface area contributed by atoms with E-state index in [4.69, 9.17) is 16.3 Å². The van der Waals surface area contributed by atoms with Crippen molar-refractivity contribution in [2.75, 3.05) is 5.32 Å². The fourth-order valence-electron chi connectivity index (χ4n) is 2.72. The number of nitriles is 1. The lowest BCUT2D eigenvalue weighted by atomic mass is 10.1. The molecule has 0 aliphatic rings. The SMILES string of the molecule is Cc1ccc(NC(=O)/C(C#N)=C\c2cc(I)c(OCc3ccc(Br)cc3)c(I)c2)cc1Cl. The molecule has 0 saturated heterocycles. The molecule has 0 radical (unpaired) electrons. The van der Waals surface area contributed by atoms with Gasteiger partial charge in [-0.15, -0.1) is 0 Å². The number of hydrogen-bond donors (Lipinski definition) is 1. The monoisotopic (exact) mass is 732 g/mol. The van der Waals surface area contributed by atoms with Crippen LogP contribution < -0.4 is 10.1 Å². The lowest BCUT2D eigenvalue weighted by molar-refractivity contribution is -0.112. The van der Waals surface area contributed by atoms with E-state index in [1.165, 1.54) is 0 Å². The third kappa shape index (κ3) is 6.70. The molecule has 162 valence electrons. The normalized spacial score (nSPS) is 11.1. The van der Waals surface area contributed by atoms with E-state index in [1.807, 2.05) is 55.5 Å². The van der Waals surface area contributed by atoms with Gasteiger partial charge in [0.1, 0.15) is 24.0 Å². The van der Waals surface area contributed by atoms with E-state index >= 15 is 0 Å². The highest BCUT2D eigenvalue weighted by atomic mass is 127. The number of ether oxygens (including phenoxy) is 1. The van der Waals surface area contributed by atoms with Gasteiger partial charge < -0.3 is 10.1 Å². The Balaban J connectivity index is 1.77. The lowest BCUT2D eigenvalue weighted by Crippen LogP contribution is -2.13. The highest BCUT2D eigenvalue weighted by Gasteiger charge is 2.13. The predicted molar refractivity (Wildman–Crippen MR) is 149 cm³/mol. The Morgan fingerprint density at radius 2 is 1.81 bits per heavy atom. The fourth-order valence-corrected chi connectivity index (χ4v) is 5.29. The van der Waals surface area contributed by atoms with Crippen LogP contribution >= 0.6 is 72.7 Å². The highest BCUT2D eigenvalue weighted by molar-refractivity contribution is 14.1. The molecule has 8 heteroatoms. The van der Waals surface area contributed by atoms with Crippen molar-refractivity contribution in [2.45, 2.75) is 13.5 Å². The molecule has 3 rings (SSSR count). The third-order valence-electron chi connectivity index (χ3n) is 4.42. The van der Waals surface area contributed by atoms with Crippen LogP contribution in [0.2, 0.25) is 5.02 Å². The van der Waals surface area contributed by atoms with Gasteiger partial charge in [0, 0.05) is 15.2 Å². The van der Waals surface area contributed by atoms with Gasteiger partial charge in [0.15, 0.2) is 0 Å². The Morgan fingerprint density at radius 3 is 2.41 bits per heavy atom. The maximum absolute atomic E-state index is 12.6. The topological polar surface area (TPSA) is 62.1 Å². The second-order valence-corrected chi connectivity index (χ2v) is 10.5. The second-order valence-electron chi connectivity index (χ2n) is 6.82. The molecular weight excluding hydrogens is 717 g/mol. The molecule has 0 saturated carbocycles. The first-order chi connectivity index (χ1) is 15.3. The number of amides is 1. The Bertz CT molecular complexity index is 1210. The standard InChI is InChI=1S/C24H16BrClI2N2O2/c1-14-2-7-19(11-20(14)26)30-24(31)17(12-29)8-16-9-21(27)23(22(28)10-16)32-13-15-3-5-18(25)6-4-15/h2-11H,13H2,1H3,(H,30,31)/b17-8-. The minimum atomic E-state index is -0.493. The summed E-state index contributed by atoms with van der Waals surface area (Å²) < 4.78 is 8.82. The zero-order valence-electron chi connectivity index (χ0n) is 16.8. The summed E-state index contributed by atoms with van der Waals surface area (Å²) in [7, 11) is 0. The van der Waals surface area contributed by atoms with Gasteiger partial charge in [-0.2, -0.15) is 5.26 Å². The average molecular weight is 734 g/mol. The second kappa shape index (κ2) is 11.5. The van der Waals surface area contributed by atoms with Crippen LogP contribution in [-0.2, 0) is 11.4 Å². The number of nitrogens with one attached hydrogen (secondary N) is 1. The molecule has 0 fully saturated rings. The van der Waals surface area contributed by atoms with Crippen LogP contribution in [0.1, 0.15) is 16.7 Å². The van der Waals surface area contributed by atoms with Crippen LogP contribution in [0.4, 0.5) is 5.69 Å². The molecule has 4 nitrogen and oxygen atoms in total. The van der Waals surface area contributed by atoms with Crippen molar-refractivity contribution in [3.63, 3.8) is 0 Å². The number of anilines is 1. The van der Waals surface area contributed by atoms with Gasteiger partial charge in [-0.3, -0.25) is 4.79 Å². The zero-order valence-corrected chi connectivity index (χ0v) is 23.4. The first-order valence-corrected chi connectivity index (χ1v) is 12.6. The summed E-state index contributed by atoms with van der Waals surface area (Å²) in [5.41, 5.74) is 3.24. The fraction of sp³-hybridized carbons (Fsp3) is 0.0833. The number of halogens is 4. The van der Waals surface area contributed by atoms with Gasteiger partial charge in [0.05, 0.1) is 7.14 Å². The van der Waals surface area contributed by atoms with Gasteiger partial charge in [0.25, 0.3) is 5.91 Å². The predicted octanol–water partition coefficient (Wildman–Crippen LogP) is 7.74. The Morgan fingerprint density at radius 1 is 1.16 bits per heavy atom. The van der Waals surface area contributed by atoms with E-state index in [2.05, 4.69) is 66.4 Å². The van der Waals surface area contributed by atoms with Crippen LogP contribution in [-0.4, -0.2) is 5.91 Å². The summed E-state index contributed by atoms with van der Waals surface area (Å²) in [6.07, 6.45) is 1.56. The van der Waals surface area contributed by atoms with Gasteiger partial charge >= 0.3 is 0 Å². The number of nitrogens with zero attached hydrogens (tertiary/aromatic N) is 1. The Labute approximate surface area is 227 Å². The van der Waals surface area contributed by atoms with E-state index in [9.17, 15) is 10.1 Å². The molecule has 0 aromatic heterocycles. The maximum Gasteiger partial charge on any atom is 0.266 e. The quantitative estimate of drug-likeness (QED) is 0.160. The number of rotatable bonds is 6. The van der Waals surface area contributed by atoms with Crippen LogP contribution in [0.3, 0.4) is 0 Å². The van der Waals surface area contributed by atoms with Crippen molar-refractivity contribution < 1.29 is 9.53 Å². The molecule has 0 spiro atoms. The first-order valence-electron chi connectivity index (χ1n) is 9.32. The number of carbonyl (C=O) groups excluding carboxylic acids is 1. The van der Waals surface area contributed by atoms with Gasteiger partial charge in [-0.05, 0) is 111 Å². The molecule has 0 heterocycles. The summed E-state index contributed by atoms with van der Waals surface area (Å²) in [5, 5.41) is 12.8. The van der Waals surface area contributed by atoms with Crippen LogP contribution in [0.5, 0.6) is 5.75 Å². The van der Waals surface area contributed by atoms with E-state index in [0.29, 0.717) is 17.3 Å². The summed E-state index contributed by atoms with van der Waals surface area (Å²) in [6.45, 7) is 2.32. The Hall–Kier alpha value is -1.61. The molecule has 1 N–H and O–H groups in total. The van der Waals surface area contributed by atoms with Crippen molar-refractivity contribution in [1.82, 2.24) is 0 Å². The van der Waals surface area contributed by atoms with E-state index in [0.717, 1.165) is 34.1 Å². The number of benzene rings is 3. The van der Waals surface area contributed by atoms with Crippen LogP contribution in [0.15, 0.2) is 64.6 Å². The maximum atomic E-state index is 12.6. The molecule has 3 aromatic rings. The van der Waals surface area contributed by atoms with E-state index in [1.54, 1.807) is 18.2 Å². The molecule has 3 aromatic carbocycles. The average Bonchev–Trinajstić information content (AvgIpc) is 2.75. The van der Waals surface area contributed by atoms with E-state index < -0.39 is 5.91 Å². The largest absolute Gasteiger partial charge is 0.487 e. The number of hydrogen-bond acceptors (Lipinski definition) is 3. The minimum Gasteiger partial charge on any atom is -0.487 e. The molecule has 0 aliphatic carbocycles. The number of carbonyl (C=O) groups is 1. The minimum absolute atomic E-state index is 0.00294. The molecule has 1 amide bonds. The molecule has 0 atom stereocenters. The number of aryl methyl sites for hydroxylation is 1. The summed E-state index contributed by atoms with van der Waals surface area (Å²) >= 11 is 13.9. The summed E-state index contributed by atoms with van der Waals surface area (Å²) in [4.78, 5) is 12.6. The van der Waals surface area contributed by atoms with E-state index in [-0.39, 0.29) is 5.57 Å². The van der Waals surface area contributed by atoms with Crippen molar-refractivity contribution in [2.24, 2.45) is 0 Å².